The van der Waals surface area contributed by atoms with Crippen molar-refractivity contribution in [2.24, 2.45) is 0 Å². The average molecular weight is 257 g/mol. The number of ether oxygens (including phenoxy) is 1. The molecule has 0 saturated heterocycles. The predicted molar refractivity (Wildman–Crippen MR) is 70.2 cm³/mol. The fourth-order valence-electron chi connectivity index (χ4n) is 1.57. The third kappa shape index (κ3) is 3.93. The van der Waals surface area contributed by atoms with Gasteiger partial charge in [-0.1, -0.05) is 20.8 Å². The summed E-state index contributed by atoms with van der Waals surface area (Å²) in [5.74, 6) is 0.761. The lowest BCUT2D eigenvalue weighted by Gasteiger charge is -2.23. The largest absolute Gasteiger partial charge is 0.496 e. The van der Waals surface area contributed by atoms with Crippen molar-refractivity contribution < 1.29 is 13.2 Å². The van der Waals surface area contributed by atoms with Crippen LogP contribution in [0.25, 0.3) is 0 Å². The van der Waals surface area contributed by atoms with Crippen LogP contribution in [-0.4, -0.2) is 21.8 Å². The fourth-order valence-corrected chi connectivity index (χ4v) is 2.13. The molecule has 1 N–H and O–H groups in total. The average Bonchev–Trinajstić information content (AvgIpc) is 2.13. The van der Waals surface area contributed by atoms with E-state index in [4.69, 9.17) is 4.74 Å². The zero-order chi connectivity index (χ0) is 13.3. The van der Waals surface area contributed by atoms with Gasteiger partial charge in [0.05, 0.1) is 13.4 Å². The SMILES string of the molecule is COc1ccc(NS(C)(=O)=O)cc1C(C)(C)C. The minimum absolute atomic E-state index is 0.111. The van der Waals surface area contributed by atoms with E-state index in [0.29, 0.717) is 5.69 Å². The van der Waals surface area contributed by atoms with Gasteiger partial charge < -0.3 is 4.74 Å². The quantitative estimate of drug-likeness (QED) is 0.904. The highest BCUT2D eigenvalue weighted by molar-refractivity contribution is 7.92. The highest BCUT2D eigenvalue weighted by atomic mass is 32.2. The fraction of sp³-hybridized carbons (Fsp3) is 0.500. The Kier molecular flexibility index (Phi) is 3.71. The number of hydrogen-bond acceptors (Lipinski definition) is 3. The molecule has 0 aromatic heterocycles. The Morgan fingerprint density at radius 2 is 1.82 bits per heavy atom. The number of rotatable bonds is 3. The topological polar surface area (TPSA) is 55.4 Å². The first-order chi connectivity index (χ1) is 7.63. The number of hydrogen-bond donors (Lipinski definition) is 1. The Bertz CT molecular complexity index is 501. The van der Waals surface area contributed by atoms with Crippen LogP contribution in [-0.2, 0) is 15.4 Å². The van der Waals surface area contributed by atoms with Gasteiger partial charge >= 0.3 is 0 Å². The van der Waals surface area contributed by atoms with Crippen LogP contribution in [0, 0.1) is 0 Å². The standard InChI is InChI=1S/C12H19NO3S/c1-12(2,3)10-8-9(13-17(5,14)15)6-7-11(10)16-4/h6-8,13H,1-5H3. The molecule has 0 fully saturated rings. The van der Waals surface area contributed by atoms with Crippen molar-refractivity contribution >= 4 is 15.7 Å². The van der Waals surface area contributed by atoms with Crippen LogP contribution in [0.15, 0.2) is 18.2 Å². The molecule has 1 aromatic carbocycles. The second kappa shape index (κ2) is 4.56. The van der Waals surface area contributed by atoms with E-state index in [2.05, 4.69) is 25.5 Å². The van der Waals surface area contributed by atoms with Gasteiger partial charge in [-0.05, 0) is 23.6 Å². The first kappa shape index (κ1) is 13.8. The summed E-state index contributed by atoms with van der Waals surface area (Å²) < 4.78 is 30.1. The number of nitrogens with one attached hydrogen (secondary N) is 1. The smallest absolute Gasteiger partial charge is 0.229 e. The van der Waals surface area contributed by atoms with Crippen LogP contribution in [0.4, 0.5) is 5.69 Å². The minimum atomic E-state index is -3.25. The van der Waals surface area contributed by atoms with Crippen molar-refractivity contribution in [2.75, 3.05) is 18.1 Å². The van der Waals surface area contributed by atoms with Crippen molar-refractivity contribution in [3.05, 3.63) is 23.8 Å². The van der Waals surface area contributed by atoms with E-state index in [1.807, 2.05) is 0 Å². The molecule has 0 aliphatic heterocycles. The van der Waals surface area contributed by atoms with Crippen molar-refractivity contribution in [1.82, 2.24) is 0 Å². The molecule has 17 heavy (non-hydrogen) atoms. The molecule has 0 amide bonds. The van der Waals surface area contributed by atoms with E-state index in [-0.39, 0.29) is 5.41 Å². The molecule has 0 bridgehead atoms. The third-order valence-electron chi connectivity index (χ3n) is 2.31. The zero-order valence-corrected chi connectivity index (χ0v) is 11.7. The summed E-state index contributed by atoms with van der Waals surface area (Å²) in [6.45, 7) is 6.15. The van der Waals surface area contributed by atoms with Crippen LogP contribution in [0.2, 0.25) is 0 Å². The van der Waals surface area contributed by atoms with Gasteiger partial charge in [-0.2, -0.15) is 0 Å². The second-order valence-electron chi connectivity index (χ2n) is 5.04. The van der Waals surface area contributed by atoms with Gasteiger partial charge in [0.15, 0.2) is 0 Å². The number of methoxy groups -OCH3 is 1. The maximum atomic E-state index is 11.2. The first-order valence-corrected chi connectivity index (χ1v) is 7.19. The van der Waals surface area contributed by atoms with Crippen LogP contribution >= 0.6 is 0 Å². The third-order valence-corrected chi connectivity index (χ3v) is 2.92. The van der Waals surface area contributed by atoms with E-state index in [1.165, 1.54) is 0 Å². The van der Waals surface area contributed by atoms with Gasteiger partial charge in [0, 0.05) is 11.3 Å². The van der Waals surface area contributed by atoms with E-state index >= 15 is 0 Å². The van der Waals surface area contributed by atoms with Crippen molar-refractivity contribution in [2.45, 2.75) is 26.2 Å². The van der Waals surface area contributed by atoms with Crippen molar-refractivity contribution in [3.8, 4) is 5.75 Å². The first-order valence-electron chi connectivity index (χ1n) is 5.30. The van der Waals surface area contributed by atoms with E-state index < -0.39 is 10.0 Å². The van der Waals surface area contributed by atoms with Gasteiger partial charge in [0.2, 0.25) is 10.0 Å². The second-order valence-corrected chi connectivity index (χ2v) is 6.79. The lowest BCUT2D eigenvalue weighted by atomic mass is 9.86. The maximum Gasteiger partial charge on any atom is 0.229 e. The lowest BCUT2D eigenvalue weighted by Crippen LogP contribution is -2.15. The Morgan fingerprint density at radius 3 is 2.24 bits per heavy atom. The zero-order valence-electron chi connectivity index (χ0n) is 10.9. The molecule has 0 aliphatic rings. The molecular weight excluding hydrogens is 238 g/mol. The summed E-state index contributed by atoms with van der Waals surface area (Å²) in [5, 5.41) is 0. The summed E-state index contributed by atoms with van der Waals surface area (Å²) in [5.41, 5.74) is 1.41. The summed E-state index contributed by atoms with van der Waals surface area (Å²) in [6, 6.07) is 5.27. The summed E-state index contributed by atoms with van der Waals surface area (Å²) in [6.07, 6.45) is 1.13. The van der Waals surface area contributed by atoms with Crippen LogP contribution in [0.3, 0.4) is 0 Å². The van der Waals surface area contributed by atoms with Crippen LogP contribution < -0.4 is 9.46 Å². The Hall–Kier alpha value is -1.23. The highest BCUT2D eigenvalue weighted by Gasteiger charge is 2.19. The molecule has 0 unspecified atom stereocenters. The van der Waals surface area contributed by atoms with E-state index in [9.17, 15) is 8.42 Å². The molecule has 4 nitrogen and oxygen atoms in total. The van der Waals surface area contributed by atoms with Crippen molar-refractivity contribution in [3.63, 3.8) is 0 Å². The summed E-state index contributed by atoms with van der Waals surface area (Å²) >= 11 is 0. The number of anilines is 1. The predicted octanol–water partition coefficient (Wildman–Crippen LogP) is 2.36. The molecule has 0 aliphatic carbocycles. The maximum absolute atomic E-state index is 11.2. The van der Waals surface area contributed by atoms with Crippen LogP contribution in [0.5, 0.6) is 5.75 Å². The molecule has 0 radical (unpaired) electrons. The molecular formula is C12H19NO3S. The summed E-state index contributed by atoms with van der Waals surface area (Å²) in [4.78, 5) is 0. The van der Waals surface area contributed by atoms with Gasteiger partial charge in [0.25, 0.3) is 0 Å². The van der Waals surface area contributed by atoms with Gasteiger partial charge in [0.1, 0.15) is 5.75 Å². The molecule has 0 spiro atoms. The molecule has 1 rings (SSSR count). The van der Waals surface area contributed by atoms with Gasteiger partial charge in [-0.25, -0.2) is 8.42 Å². The monoisotopic (exact) mass is 257 g/mol. The van der Waals surface area contributed by atoms with Gasteiger partial charge in [-0.15, -0.1) is 0 Å². The molecule has 0 atom stereocenters. The van der Waals surface area contributed by atoms with Gasteiger partial charge in [-0.3, -0.25) is 4.72 Å². The molecule has 0 saturated carbocycles. The Balaban J connectivity index is 3.23. The number of sulfonamides is 1. The van der Waals surface area contributed by atoms with E-state index in [0.717, 1.165) is 17.6 Å². The molecule has 0 heterocycles. The van der Waals surface area contributed by atoms with Crippen molar-refractivity contribution in [1.29, 1.82) is 0 Å². The highest BCUT2D eigenvalue weighted by Crippen LogP contribution is 2.33. The molecule has 1 aromatic rings. The molecule has 96 valence electrons. The number of benzene rings is 1. The Morgan fingerprint density at radius 1 is 1.24 bits per heavy atom. The normalized spacial score (nSPS) is 12.3. The molecule has 5 heteroatoms. The lowest BCUT2D eigenvalue weighted by molar-refractivity contribution is 0.397. The minimum Gasteiger partial charge on any atom is -0.496 e. The summed E-state index contributed by atoms with van der Waals surface area (Å²) in [7, 11) is -1.64. The van der Waals surface area contributed by atoms with Crippen LogP contribution in [0.1, 0.15) is 26.3 Å². The van der Waals surface area contributed by atoms with E-state index in [1.54, 1.807) is 25.3 Å². The Labute approximate surface area is 103 Å².